The maximum atomic E-state index is 8.90. The van der Waals surface area contributed by atoms with Crippen LogP contribution in [0.2, 0.25) is 0 Å². The Balaban J connectivity index is 0. The predicted molar refractivity (Wildman–Crippen MR) is 58.3 cm³/mol. The molecule has 0 unspecified atom stereocenters. The summed E-state index contributed by atoms with van der Waals surface area (Å²) < 4.78 is 0. The van der Waals surface area contributed by atoms with E-state index in [9.17, 15) is 0 Å². The summed E-state index contributed by atoms with van der Waals surface area (Å²) in [7, 11) is 0. The highest BCUT2D eigenvalue weighted by molar-refractivity contribution is 4.67. The molecular weight excluding hydrogens is 216 g/mol. The number of aliphatic hydroxyl groups is 2. The molecule has 0 fully saturated rings. The molecule has 0 aromatic rings. The molecule has 4 N–H and O–H groups in total. The van der Waals surface area contributed by atoms with Crippen LogP contribution in [0.5, 0.6) is 0 Å². The summed E-state index contributed by atoms with van der Waals surface area (Å²) >= 11 is 0. The van der Waals surface area contributed by atoms with E-state index in [-0.39, 0.29) is 37.7 Å². The van der Waals surface area contributed by atoms with Gasteiger partial charge < -0.3 is 33.3 Å². The van der Waals surface area contributed by atoms with Crippen molar-refractivity contribution in [3.8, 4) is 0 Å². The van der Waals surface area contributed by atoms with Crippen molar-refractivity contribution in [3.63, 3.8) is 0 Å². The third kappa shape index (κ3) is 9.08. The summed E-state index contributed by atoms with van der Waals surface area (Å²) in [6, 6.07) is 0.400. The minimum atomic E-state index is 0. The lowest BCUT2D eigenvalue weighted by Gasteiger charge is -2.17. The van der Waals surface area contributed by atoms with Gasteiger partial charge >= 0.3 is 0 Å². The van der Waals surface area contributed by atoms with E-state index in [1.54, 1.807) is 0 Å². The van der Waals surface area contributed by atoms with Gasteiger partial charge in [-0.1, -0.05) is 13.8 Å². The lowest BCUT2D eigenvalue weighted by molar-refractivity contribution is -0.00000511. The molecule has 0 amide bonds. The third-order valence-corrected chi connectivity index (χ3v) is 2.42. The quantitative estimate of drug-likeness (QED) is 0.319. The largest absolute Gasteiger partial charge is 1.00 e. The Labute approximate surface area is 98.9 Å². The third-order valence-electron chi connectivity index (χ3n) is 2.42. The molecule has 0 heterocycles. The van der Waals surface area contributed by atoms with Crippen molar-refractivity contribution in [1.29, 1.82) is 0 Å². The number of aliphatic hydroxyl groups excluding tert-OH is 2. The zero-order chi connectivity index (χ0) is 10.8. The zero-order valence-electron chi connectivity index (χ0n) is 9.67. The fourth-order valence-electron chi connectivity index (χ4n) is 1.23. The van der Waals surface area contributed by atoms with Crippen molar-refractivity contribution >= 4 is 0 Å². The molecule has 0 aromatic heterocycles. The fourth-order valence-corrected chi connectivity index (χ4v) is 1.23. The van der Waals surface area contributed by atoms with Crippen LogP contribution < -0.4 is 23.0 Å². The first kappa shape index (κ1) is 17.5. The highest BCUT2D eigenvalue weighted by atomic mass is 35.5. The summed E-state index contributed by atoms with van der Waals surface area (Å²) in [4.78, 5) is 0. The van der Waals surface area contributed by atoms with E-state index in [0.717, 1.165) is 25.9 Å². The Morgan fingerprint density at radius 1 is 0.867 bits per heavy atom. The van der Waals surface area contributed by atoms with Crippen LogP contribution in [-0.4, -0.2) is 48.6 Å². The van der Waals surface area contributed by atoms with Gasteiger partial charge in [0.15, 0.2) is 0 Å². The predicted octanol–water partition coefficient (Wildman–Crippen LogP) is -3.29. The Morgan fingerprint density at radius 3 is 1.40 bits per heavy atom. The molecule has 0 spiro atoms. The minimum absolute atomic E-state index is 0. The van der Waals surface area contributed by atoms with Crippen LogP contribution in [0, 0.1) is 0 Å². The van der Waals surface area contributed by atoms with Crippen molar-refractivity contribution in [2.24, 2.45) is 0 Å². The first-order valence-corrected chi connectivity index (χ1v) is 5.46. The van der Waals surface area contributed by atoms with Gasteiger partial charge in [-0.2, -0.15) is 0 Å². The normalized spacial score (nSPS) is 14.4. The van der Waals surface area contributed by atoms with Crippen LogP contribution in [0.4, 0.5) is 0 Å². The molecule has 0 aliphatic heterocycles. The molecule has 4 nitrogen and oxygen atoms in total. The van der Waals surface area contributed by atoms with Crippen LogP contribution in [0.15, 0.2) is 0 Å². The molecule has 0 radical (unpaired) electrons. The summed E-state index contributed by atoms with van der Waals surface area (Å²) in [5, 5.41) is 24.3. The Kier molecular flexibility index (Phi) is 14.3. The van der Waals surface area contributed by atoms with E-state index in [1.165, 1.54) is 0 Å². The Morgan fingerprint density at radius 2 is 1.20 bits per heavy atom. The summed E-state index contributed by atoms with van der Waals surface area (Å²) in [5.74, 6) is 0. The number of hydrogen-bond donors (Lipinski definition) is 4. The second-order valence-electron chi connectivity index (χ2n) is 3.48. The van der Waals surface area contributed by atoms with Gasteiger partial charge in [-0.05, 0) is 12.8 Å². The van der Waals surface area contributed by atoms with Crippen LogP contribution in [0.1, 0.15) is 26.7 Å². The molecule has 0 aliphatic carbocycles. The molecule has 0 aliphatic rings. The van der Waals surface area contributed by atoms with E-state index in [0.29, 0.717) is 0 Å². The standard InChI is InChI=1S/C10H24N2O2.ClH/c1-3-9(7-13)11-5-6-12-10(4-2)8-14;/h9-14H,3-8H2,1-2H3;1H/p-1/t9-,10-;/m1./s1. The van der Waals surface area contributed by atoms with Gasteiger partial charge in [0.25, 0.3) is 0 Å². The smallest absolute Gasteiger partial charge is 0.0584 e. The molecule has 0 bridgehead atoms. The van der Waals surface area contributed by atoms with Gasteiger partial charge in [-0.15, -0.1) is 0 Å². The number of halogens is 1. The number of nitrogens with one attached hydrogen (secondary N) is 2. The SMILES string of the molecule is CC[C@H](CO)NCCN[C@H](CC)CO.[Cl-]. The summed E-state index contributed by atoms with van der Waals surface area (Å²) in [5.41, 5.74) is 0. The molecule has 0 saturated heterocycles. The average molecular weight is 240 g/mol. The molecule has 15 heavy (non-hydrogen) atoms. The Bertz CT molecular complexity index is 106. The monoisotopic (exact) mass is 239 g/mol. The van der Waals surface area contributed by atoms with Gasteiger partial charge in [0.05, 0.1) is 13.2 Å². The van der Waals surface area contributed by atoms with Crippen LogP contribution in [-0.2, 0) is 0 Å². The van der Waals surface area contributed by atoms with E-state index >= 15 is 0 Å². The maximum Gasteiger partial charge on any atom is 0.0584 e. The fraction of sp³-hybridized carbons (Fsp3) is 1.00. The van der Waals surface area contributed by atoms with Crippen molar-refractivity contribution < 1.29 is 22.6 Å². The molecule has 0 saturated carbocycles. The second kappa shape index (κ2) is 12.2. The zero-order valence-corrected chi connectivity index (χ0v) is 10.4. The number of hydrogen-bond acceptors (Lipinski definition) is 4. The molecule has 94 valence electrons. The topological polar surface area (TPSA) is 64.5 Å². The molecule has 5 heteroatoms. The molecule has 2 atom stereocenters. The van der Waals surface area contributed by atoms with Gasteiger partial charge in [-0.3, -0.25) is 0 Å². The highest BCUT2D eigenvalue weighted by Gasteiger charge is 2.04. The van der Waals surface area contributed by atoms with E-state index in [1.807, 2.05) is 13.8 Å². The molecule has 0 rings (SSSR count). The van der Waals surface area contributed by atoms with Gasteiger partial charge in [0.2, 0.25) is 0 Å². The minimum Gasteiger partial charge on any atom is -1.00 e. The van der Waals surface area contributed by atoms with Gasteiger partial charge in [-0.25, -0.2) is 0 Å². The van der Waals surface area contributed by atoms with Crippen molar-refractivity contribution in [2.75, 3.05) is 26.3 Å². The summed E-state index contributed by atoms with van der Waals surface area (Å²) in [6.07, 6.45) is 1.88. The van der Waals surface area contributed by atoms with E-state index < -0.39 is 0 Å². The molecule has 0 aromatic carbocycles. The van der Waals surface area contributed by atoms with Crippen LogP contribution >= 0.6 is 0 Å². The Hall–Kier alpha value is 0.130. The lowest BCUT2D eigenvalue weighted by Crippen LogP contribution is -3.00. The first-order chi connectivity index (χ1) is 6.78. The van der Waals surface area contributed by atoms with Gasteiger partial charge in [0.1, 0.15) is 0 Å². The van der Waals surface area contributed by atoms with Gasteiger partial charge in [0, 0.05) is 25.2 Å². The van der Waals surface area contributed by atoms with Crippen molar-refractivity contribution in [2.45, 2.75) is 38.8 Å². The molecular formula is C10H24ClN2O2-. The van der Waals surface area contributed by atoms with Crippen LogP contribution in [0.3, 0.4) is 0 Å². The highest BCUT2D eigenvalue weighted by Crippen LogP contribution is 1.89. The average Bonchev–Trinajstić information content (AvgIpc) is 2.24. The summed E-state index contributed by atoms with van der Waals surface area (Å²) in [6.45, 7) is 6.13. The van der Waals surface area contributed by atoms with Crippen LogP contribution in [0.25, 0.3) is 0 Å². The van der Waals surface area contributed by atoms with Crippen molar-refractivity contribution in [1.82, 2.24) is 10.6 Å². The second-order valence-corrected chi connectivity index (χ2v) is 3.48. The first-order valence-electron chi connectivity index (χ1n) is 5.46. The number of rotatable bonds is 9. The van der Waals surface area contributed by atoms with Crippen molar-refractivity contribution in [3.05, 3.63) is 0 Å². The maximum absolute atomic E-state index is 8.90. The lowest BCUT2D eigenvalue weighted by atomic mass is 10.2. The van der Waals surface area contributed by atoms with E-state index in [4.69, 9.17) is 10.2 Å². The van der Waals surface area contributed by atoms with E-state index in [2.05, 4.69) is 10.6 Å².